The lowest BCUT2D eigenvalue weighted by Gasteiger charge is -2.18. The minimum absolute atomic E-state index is 0.00641. The van der Waals surface area contributed by atoms with E-state index in [0.29, 0.717) is 16.6 Å². The predicted octanol–water partition coefficient (Wildman–Crippen LogP) is 1.09. The van der Waals surface area contributed by atoms with Gasteiger partial charge in [-0.25, -0.2) is 0 Å². The highest BCUT2D eigenvalue weighted by atomic mass is 35.5. The molecule has 1 atom stereocenters. The summed E-state index contributed by atoms with van der Waals surface area (Å²) in [5, 5.41) is 11.7. The van der Waals surface area contributed by atoms with Gasteiger partial charge < -0.3 is 14.8 Å². The molecule has 0 N–H and O–H groups in total. The molecule has 2 rings (SSSR count). The van der Waals surface area contributed by atoms with Gasteiger partial charge >= 0.3 is 0 Å². The van der Waals surface area contributed by atoms with Gasteiger partial charge in [-0.05, 0) is 17.7 Å². The number of nitrogens with zero attached hydrogens (tertiary/aromatic N) is 1. The highest BCUT2D eigenvalue weighted by molar-refractivity contribution is 6.35. The van der Waals surface area contributed by atoms with Crippen molar-refractivity contribution in [3.05, 3.63) is 33.8 Å². The Kier molecular flexibility index (Phi) is 3.78. The van der Waals surface area contributed by atoms with Crippen LogP contribution in [0.1, 0.15) is 12.0 Å². The van der Waals surface area contributed by atoms with E-state index in [-0.39, 0.29) is 18.9 Å². The lowest BCUT2D eigenvalue weighted by atomic mass is 10.1. The van der Waals surface area contributed by atoms with E-state index in [0.717, 1.165) is 5.56 Å². The number of amides is 1. The monoisotopic (exact) mass is 286 g/mol. The second-order valence-corrected chi connectivity index (χ2v) is 5.07. The number of rotatable bonds is 3. The van der Waals surface area contributed by atoms with Crippen molar-refractivity contribution >= 4 is 35.1 Å². The largest absolute Gasteiger partial charge is 0.550 e. The molecule has 1 aromatic carbocycles. The van der Waals surface area contributed by atoms with Crippen LogP contribution < -0.4 is 5.11 Å². The Hall–Kier alpha value is -1.26. The molecule has 0 bridgehead atoms. The number of carboxylic acid groups (broad SMARTS) is 1. The van der Waals surface area contributed by atoms with Crippen LogP contribution in [0.5, 0.6) is 0 Å². The number of carbonyl (C=O) groups is 2. The van der Waals surface area contributed by atoms with Gasteiger partial charge in [0.25, 0.3) is 0 Å². The number of aliphatic carboxylic acids is 1. The summed E-state index contributed by atoms with van der Waals surface area (Å²) in [5.74, 6) is -2.12. The van der Waals surface area contributed by atoms with E-state index in [2.05, 4.69) is 0 Å². The third-order valence-electron chi connectivity index (χ3n) is 2.92. The van der Waals surface area contributed by atoms with Crippen molar-refractivity contribution in [2.45, 2.75) is 13.0 Å². The van der Waals surface area contributed by atoms with Crippen LogP contribution >= 0.6 is 23.2 Å². The molecule has 1 saturated heterocycles. The first-order valence-corrected chi connectivity index (χ1v) is 6.15. The summed E-state index contributed by atoms with van der Waals surface area (Å²) in [7, 11) is 0. The van der Waals surface area contributed by atoms with Crippen molar-refractivity contribution in [2.24, 2.45) is 5.92 Å². The van der Waals surface area contributed by atoms with Gasteiger partial charge in [-0.1, -0.05) is 29.3 Å². The van der Waals surface area contributed by atoms with Crippen LogP contribution in [0.4, 0.5) is 0 Å². The summed E-state index contributed by atoms with van der Waals surface area (Å²) < 4.78 is 0. The minimum Gasteiger partial charge on any atom is -0.550 e. The van der Waals surface area contributed by atoms with Crippen LogP contribution in [0.2, 0.25) is 10.0 Å². The van der Waals surface area contributed by atoms with Gasteiger partial charge in [0.1, 0.15) is 0 Å². The van der Waals surface area contributed by atoms with Crippen LogP contribution in [0, 0.1) is 5.92 Å². The Labute approximate surface area is 114 Å². The fourth-order valence-electron chi connectivity index (χ4n) is 1.94. The van der Waals surface area contributed by atoms with Crippen LogP contribution in [-0.2, 0) is 16.1 Å². The number of likely N-dealkylation sites (tertiary alicyclic amines) is 1. The lowest BCUT2D eigenvalue weighted by molar-refractivity contribution is -0.311. The maximum absolute atomic E-state index is 11.6. The number of benzene rings is 1. The van der Waals surface area contributed by atoms with Gasteiger partial charge in [-0.15, -0.1) is 0 Å². The molecule has 1 aromatic rings. The average Bonchev–Trinajstić information content (AvgIpc) is 2.64. The topological polar surface area (TPSA) is 60.4 Å². The molecule has 96 valence electrons. The molecule has 18 heavy (non-hydrogen) atoms. The van der Waals surface area contributed by atoms with Gasteiger partial charge in [0.2, 0.25) is 5.91 Å². The number of halogens is 2. The first kappa shape index (κ1) is 13.2. The maximum Gasteiger partial charge on any atom is 0.223 e. The molecule has 4 nitrogen and oxygen atoms in total. The Morgan fingerprint density at radius 2 is 2.17 bits per heavy atom. The molecule has 0 spiro atoms. The van der Waals surface area contributed by atoms with E-state index in [4.69, 9.17) is 23.2 Å². The first-order valence-electron chi connectivity index (χ1n) is 5.40. The zero-order valence-electron chi connectivity index (χ0n) is 9.36. The molecule has 1 aliphatic rings. The zero-order chi connectivity index (χ0) is 13.3. The van der Waals surface area contributed by atoms with Crippen molar-refractivity contribution in [1.29, 1.82) is 0 Å². The Bertz CT molecular complexity index is 504. The summed E-state index contributed by atoms with van der Waals surface area (Å²) in [4.78, 5) is 23.8. The van der Waals surface area contributed by atoms with Gasteiger partial charge in [0, 0.05) is 41.4 Å². The van der Waals surface area contributed by atoms with Crippen molar-refractivity contribution in [2.75, 3.05) is 6.54 Å². The lowest BCUT2D eigenvalue weighted by Crippen LogP contribution is -2.33. The Morgan fingerprint density at radius 1 is 1.44 bits per heavy atom. The second-order valence-electron chi connectivity index (χ2n) is 4.23. The smallest absolute Gasteiger partial charge is 0.223 e. The number of hydrogen-bond acceptors (Lipinski definition) is 3. The third-order valence-corrected chi connectivity index (χ3v) is 3.51. The van der Waals surface area contributed by atoms with Crippen LogP contribution in [-0.4, -0.2) is 23.3 Å². The molecule has 0 aromatic heterocycles. The average molecular weight is 287 g/mol. The van der Waals surface area contributed by atoms with E-state index in [1.165, 1.54) is 4.90 Å². The van der Waals surface area contributed by atoms with E-state index >= 15 is 0 Å². The van der Waals surface area contributed by atoms with E-state index in [9.17, 15) is 14.7 Å². The van der Waals surface area contributed by atoms with E-state index in [1.54, 1.807) is 18.2 Å². The zero-order valence-corrected chi connectivity index (χ0v) is 10.9. The fourth-order valence-corrected chi connectivity index (χ4v) is 2.41. The molecule has 6 heteroatoms. The fraction of sp³-hybridized carbons (Fsp3) is 0.333. The summed E-state index contributed by atoms with van der Waals surface area (Å²) in [6.07, 6.45) is -0.00641. The summed E-state index contributed by atoms with van der Waals surface area (Å²) in [5.41, 5.74) is 0.744. The molecule has 1 aliphatic heterocycles. The maximum atomic E-state index is 11.6. The first-order chi connectivity index (χ1) is 8.47. The number of carboxylic acids is 1. The SMILES string of the molecule is O=C([O-])[C@@H]1CC(=O)N(Cc2ccc(Cl)cc2Cl)C1. The molecule has 0 saturated carbocycles. The van der Waals surface area contributed by atoms with Crippen LogP contribution in [0.3, 0.4) is 0 Å². The number of carbonyl (C=O) groups excluding carboxylic acids is 2. The van der Waals surface area contributed by atoms with Crippen molar-refractivity contribution in [3.63, 3.8) is 0 Å². The predicted molar refractivity (Wildman–Crippen MR) is 65.0 cm³/mol. The quantitative estimate of drug-likeness (QED) is 0.836. The highest BCUT2D eigenvalue weighted by Crippen LogP contribution is 2.25. The Balaban J connectivity index is 2.10. The molecule has 0 unspecified atom stereocenters. The normalized spacial score (nSPS) is 19.3. The molecule has 1 fully saturated rings. The van der Waals surface area contributed by atoms with Crippen molar-refractivity contribution in [3.8, 4) is 0 Å². The molecular weight excluding hydrogens is 277 g/mol. The summed E-state index contributed by atoms with van der Waals surface area (Å²) >= 11 is 11.8. The van der Waals surface area contributed by atoms with Crippen molar-refractivity contribution < 1.29 is 14.7 Å². The van der Waals surface area contributed by atoms with Gasteiger partial charge in [-0.3, -0.25) is 4.79 Å². The molecule has 0 aliphatic carbocycles. The third kappa shape index (κ3) is 2.76. The molecule has 1 amide bonds. The van der Waals surface area contributed by atoms with Gasteiger partial charge in [-0.2, -0.15) is 0 Å². The molecule has 1 heterocycles. The van der Waals surface area contributed by atoms with E-state index in [1.807, 2.05) is 0 Å². The van der Waals surface area contributed by atoms with Gasteiger partial charge in [0.15, 0.2) is 0 Å². The molecular formula is C12H10Cl2NO3-. The summed E-state index contributed by atoms with van der Waals surface area (Å²) in [6, 6.07) is 5.00. The summed E-state index contributed by atoms with van der Waals surface area (Å²) in [6.45, 7) is 0.457. The van der Waals surface area contributed by atoms with Crippen LogP contribution in [0.25, 0.3) is 0 Å². The van der Waals surface area contributed by atoms with Gasteiger partial charge in [0.05, 0.1) is 0 Å². The number of hydrogen-bond donors (Lipinski definition) is 0. The second kappa shape index (κ2) is 5.16. The van der Waals surface area contributed by atoms with E-state index < -0.39 is 11.9 Å². The standard InChI is InChI=1S/C12H11Cl2NO3/c13-9-2-1-7(10(14)4-9)5-15-6-8(12(17)18)3-11(15)16/h1-2,4,8H,3,5-6H2,(H,17,18)/p-1/t8-/m1/s1. The minimum atomic E-state index is -1.19. The molecule has 0 radical (unpaired) electrons. The van der Waals surface area contributed by atoms with Crippen LogP contribution in [0.15, 0.2) is 18.2 Å². The highest BCUT2D eigenvalue weighted by Gasteiger charge is 2.30. The van der Waals surface area contributed by atoms with Crippen molar-refractivity contribution in [1.82, 2.24) is 4.90 Å². The Morgan fingerprint density at radius 3 is 2.72 bits per heavy atom.